The van der Waals surface area contributed by atoms with Crippen LogP contribution in [0.3, 0.4) is 0 Å². The van der Waals surface area contributed by atoms with Gasteiger partial charge < -0.3 is 5.32 Å². The van der Waals surface area contributed by atoms with Crippen molar-refractivity contribution in [2.45, 2.75) is 6.92 Å². The molecule has 0 saturated heterocycles. The number of nitrogens with zero attached hydrogens (tertiary/aromatic N) is 1. The lowest BCUT2D eigenvalue weighted by molar-refractivity contribution is 0.102. The lowest BCUT2D eigenvalue weighted by Gasteiger charge is -2.08. The molecule has 2 aromatic rings. The van der Waals surface area contributed by atoms with Crippen molar-refractivity contribution in [2.24, 2.45) is 0 Å². The first-order valence-electron chi connectivity index (χ1n) is 5.14. The summed E-state index contributed by atoms with van der Waals surface area (Å²) in [6.45, 7) is 1.74. The van der Waals surface area contributed by atoms with E-state index in [2.05, 4.69) is 10.3 Å². The molecule has 0 unspecified atom stereocenters. The Hall–Kier alpha value is -2.23. The molecular formula is C13H11FN2O. The highest BCUT2D eigenvalue weighted by atomic mass is 19.1. The van der Waals surface area contributed by atoms with Gasteiger partial charge in [-0.25, -0.2) is 4.39 Å². The molecule has 86 valence electrons. The number of benzene rings is 1. The maximum absolute atomic E-state index is 12.9. The van der Waals surface area contributed by atoms with Crippen LogP contribution < -0.4 is 5.32 Å². The van der Waals surface area contributed by atoms with Crippen LogP contribution in [0.1, 0.15) is 15.9 Å². The molecule has 0 saturated carbocycles. The van der Waals surface area contributed by atoms with Gasteiger partial charge in [-0.05, 0) is 42.8 Å². The molecule has 3 nitrogen and oxygen atoms in total. The lowest BCUT2D eigenvalue weighted by atomic mass is 10.2. The molecule has 0 radical (unpaired) electrons. The molecule has 0 aliphatic carbocycles. The van der Waals surface area contributed by atoms with Crippen LogP contribution in [0.2, 0.25) is 0 Å². The second kappa shape index (κ2) is 4.74. The average molecular weight is 230 g/mol. The van der Waals surface area contributed by atoms with Crippen molar-refractivity contribution in [1.29, 1.82) is 0 Å². The summed E-state index contributed by atoms with van der Waals surface area (Å²) in [6.07, 6.45) is 3.10. The number of amides is 1. The SMILES string of the molecule is Cc1cc(F)ccc1NC(=O)c1ccncc1. The normalized spacial score (nSPS) is 10.0. The summed E-state index contributed by atoms with van der Waals surface area (Å²) < 4.78 is 12.9. The molecule has 1 aromatic heterocycles. The minimum atomic E-state index is -0.315. The molecule has 4 heteroatoms. The molecule has 1 aromatic carbocycles. The zero-order chi connectivity index (χ0) is 12.3. The summed E-state index contributed by atoms with van der Waals surface area (Å²) in [6, 6.07) is 7.48. The van der Waals surface area contributed by atoms with Gasteiger partial charge in [0.1, 0.15) is 5.82 Å². The molecule has 1 N–H and O–H groups in total. The van der Waals surface area contributed by atoms with Gasteiger partial charge in [0.15, 0.2) is 0 Å². The van der Waals surface area contributed by atoms with E-state index in [9.17, 15) is 9.18 Å². The van der Waals surface area contributed by atoms with Crippen LogP contribution in [0.25, 0.3) is 0 Å². The fourth-order valence-corrected chi connectivity index (χ4v) is 1.47. The predicted molar refractivity (Wildman–Crippen MR) is 63.3 cm³/mol. The van der Waals surface area contributed by atoms with E-state index in [1.54, 1.807) is 37.5 Å². The first-order valence-corrected chi connectivity index (χ1v) is 5.14. The van der Waals surface area contributed by atoms with Gasteiger partial charge in [0.2, 0.25) is 0 Å². The number of nitrogens with one attached hydrogen (secondary N) is 1. The third kappa shape index (κ3) is 2.66. The Morgan fingerprint density at radius 1 is 1.24 bits per heavy atom. The van der Waals surface area contributed by atoms with Gasteiger partial charge in [-0.3, -0.25) is 9.78 Å². The highest BCUT2D eigenvalue weighted by Crippen LogP contribution is 2.16. The van der Waals surface area contributed by atoms with E-state index in [1.807, 2.05) is 0 Å². The van der Waals surface area contributed by atoms with Gasteiger partial charge in [-0.2, -0.15) is 0 Å². The van der Waals surface area contributed by atoms with Crippen LogP contribution in [0.15, 0.2) is 42.7 Å². The molecule has 2 rings (SSSR count). The molecule has 0 spiro atoms. The Kier molecular flexibility index (Phi) is 3.14. The van der Waals surface area contributed by atoms with E-state index >= 15 is 0 Å². The fraction of sp³-hybridized carbons (Fsp3) is 0.0769. The van der Waals surface area contributed by atoms with Gasteiger partial charge in [0.25, 0.3) is 5.91 Å². The smallest absolute Gasteiger partial charge is 0.255 e. The Balaban J connectivity index is 2.19. The van der Waals surface area contributed by atoms with Crippen molar-refractivity contribution < 1.29 is 9.18 Å². The summed E-state index contributed by atoms with van der Waals surface area (Å²) in [5.74, 6) is -0.550. The minimum absolute atomic E-state index is 0.234. The maximum Gasteiger partial charge on any atom is 0.255 e. The van der Waals surface area contributed by atoms with Crippen molar-refractivity contribution in [1.82, 2.24) is 4.98 Å². The van der Waals surface area contributed by atoms with Crippen LogP contribution in [0.5, 0.6) is 0 Å². The summed E-state index contributed by atoms with van der Waals surface area (Å²) >= 11 is 0. The molecule has 1 amide bonds. The Morgan fingerprint density at radius 3 is 2.59 bits per heavy atom. The molecule has 0 bridgehead atoms. The molecule has 0 aliphatic rings. The van der Waals surface area contributed by atoms with Gasteiger partial charge in [0, 0.05) is 23.6 Å². The number of carbonyl (C=O) groups is 1. The molecular weight excluding hydrogens is 219 g/mol. The average Bonchev–Trinajstić information content (AvgIpc) is 2.34. The number of anilines is 1. The number of halogens is 1. The first kappa shape index (κ1) is 11.3. The van der Waals surface area contributed by atoms with Crippen molar-refractivity contribution in [3.63, 3.8) is 0 Å². The highest BCUT2D eigenvalue weighted by molar-refractivity contribution is 6.04. The van der Waals surface area contributed by atoms with E-state index in [0.29, 0.717) is 16.8 Å². The number of hydrogen-bond acceptors (Lipinski definition) is 2. The molecule has 17 heavy (non-hydrogen) atoms. The zero-order valence-corrected chi connectivity index (χ0v) is 9.27. The fourth-order valence-electron chi connectivity index (χ4n) is 1.47. The monoisotopic (exact) mass is 230 g/mol. The summed E-state index contributed by atoms with van der Waals surface area (Å²) in [4.78, 5) is 15.7. The molecule has 0 aliphatic heterocycles. The number of aryl methyl sites for hydroxylation is 1. The van der Waals surface area contributed by atoms with E-state index < -0.39 is 0 Å². The summed E-state index contributed by atoms with van der Waals surface area (Å²) in [7, 11) is 0. The summed E-state index contributed by atoms with van der Waals surface area (Å²) in [5, 5.41) is 2.72. The maximum atomic E-state index is 12.9. The third-order valence-electron chi connectivity index (χ3n) is 2.38. The Bertz CT molecular complexity index is 540. The van der Waals surface area contributed by atoms with E-state index in [-0.39, 0.29) is 11.7 Å². The van der Waals surface area contributed by atoms with Crippen LogP contribution in [0, 0.1) is 12.7 Å². The van der Waals surface area contributed by atoms with Crippen molar-refractivity contribution in [3.05, 3.63) is 59.7 Å². The Labute approximate surface area is 98.3 Å². The van der Waals surface area contributed by atoms with Crippen molar-refractivity contribution in [3.8, 4) is 0 Å². The summed E-state index contributed by atoms with van der Waals surface area (Å²) in [5.41, 5.74) is 1.81. The molecule has 0 atom stereocenters. The van der Waals surface area contributed by atoms with Crippen LogP contribution >= 0.6 is 0 Å². The van der Waals surface area contributed by atoms with Crippen LogP contribution in [-0.2, 0) is 0 Å². The number of pyridine rings is 1. The molecule has 0 fully saturated rings. The largest absolute Gasteiger partial charge is 0.322 e. The van der Waals surface area contributed by atoms with Gasteiger partial charge >= 0.3 is 0 Å². The van der Waals surface area contributed by atoms with E-state index in [1.165, 1.54) is 12.1 Å². The molecule has 1 heterocycles. The number of rotatable bonds is 2. The lowest BCUT2D eigenvalue weighted by Crippen LogP contribution is -2.12. The zero-order valence-electron chi connectivity index (χ0n) is 9.27. The first-order chi connectivity index (χ1) is 8.16. The van der Waals surface area contributed by atoms with Gasteiger partial charge in [-0.15, -0.1) is 0 Å². The second-order valence-corrected chi connectivity index (χ2v) is 3.65. The highest BCUT2D eigenvalue weighted by Gasteiger charge is 2.07. The predicted octanol–water partition coefficient (Wildman–Crippen LogP) is 2.78. The van der Waals surface area contributed by atoms with Gasteiger partial charge in [0.05, 0.1) is 0 Å². The quantitative estimate of drug-likeness (QED) is 0.861. The van der Waals surface area contributed by atoms with E-state index in [0.717, 1.165) is 0 Å². The van der Waals surface area contributed by atoms with Crippen molar-refractivity contribution in [2.75, 3.05) is 5.32 Å². The topological polar surface area (TPSA) is 42.0 Å². The minimum Gasteiger partial charge on any atom is -0.322 e. The third-order valence-corrected chi connectivity index (χ3v) is 2.38. The van der Waals surface area contributed by atoms with Crippen LogP contribution in [-0.4, -0.2) is 10.9 Å². The van der Waals surface area contributed by atoms with Gasteiger partial charge in [-0.1, -0.05) is 0 Å². The number of hydrogen-bond donors (Lipinski definition) is 1. The second-order valence-electron chi connectivity index (χ2n) is 3.65. The number of carbonyl (C=O) groups excluding carboxylic acids is 1. The Morgan fingerprint density at radius 2 is 1.94 bits per heavy atom. The van der Waals surface area contributed by atoms with Crippen LogP contribution in [0.4, 0.5) is 10.1 Å². The standard InChI is InChI=1S/C13H11FN2O/c1-9-8-11(14)2-3-12(9)16-13(17)10-4-6-15-7-5-10/h2-8H,1H3,(H,16,17). The number of aromatic nitrogens is 1. The van der Waals surface area contributed by atoms with E-state index in [4.69, 9.17) is 0 Å². The van der Waals surface area contributed by atoms with Crippen molar-refractivity contribution >= 4 is 11.6 Å².